The molecule has 0 spiro atoms. The lowest BCUT2D eigenvalue weighted by Gasteiger charge is -2.30. The van der Waals surface area contributed by atoms with Gasteiger partial charge in [0, 0.05) is 13.1 Å². The molecule has 1 aliphatic heterocycles. The molecule has 1 aliphatic rings. The van der Waals surface area contributed by atoms with Crippen molar-refractivity contribution < 1.29 is 4.79 Å². The number of nitrogens with zero attached hydrogens (tertiary/aromatic N) is 1. The molecule has 1 aromatic carbocycles. The minimum absolute atomic E-state index is 0.151. The second-order valence-electron chi connectivity index (χ2n) is 4.56. The van der Waals surface area contributed by atoms with Gasteiger partial charge in [0.1, 0.15) is 0 Å². The zero-order valence-electron chi connectivity index (χ0n) is 9.73. The predicted molar refractivity (Wildman–Crippen MR) is 67.2 cm³/mol. The van der Waals surface area contributed by atoms with Gasteiger partial charge in [0.2, 0.25) is 0 Å². The van der Waals surface area contributed by atoms with Crippen LogP contribution in [-0.4, -0.2) is 31.1 Å². The first-order chi connectivity index (χ1) is 7.75. The second-order valence-corrected chi connectivity index (χ2v) is 4.56. The quantitative estimate of drug-likeness (QED) is 0.688. The van der Waals surface area contributed by atoms with Crippen molar-refractivity contribution >= 4 is 18.5 Å². The largest absolute Gasteiger partial charge is 0.351 e. The number of carbonyl (C=O) groups excluding carboxylic acids is 1. The number of benzene rings is 1. The second kappa shape index (κ2) is 5.19. The van der Waals surface area contributed by atoms with E-state index in [2.05, 4.69) is 6.92 Å². The summed E-state index contributed by atoms with van der Waals surface area (Å²) in [6, 6.07) is 9.80. The van der Waals surface area contributed by atoms with Crippen molar-refractivity contribution in [3.8, 4) is 0 Å². The number of piperidine rings is 1. The molecular formula is C13H17BNO. The van der Waals surface area contributed by atoms with Crippen LogP contribution in [0.15, 0.2) is 30.3 Å². The molecule has 0 saturated carbocycles. The number of likely N-dealkylation sites (tertiary alicyclic amines) is 1. The summed E-state index contributed by atoms with van der Waals surface area (Å²) in [5, 5.41) is 0. The van der Waals surface area contributed by atoms with E-state index in [-0.39, 0.29) is 5.81 Å². The van der Waals surface area contributed by atoms with Crippen molar-refractivity contribution in [2.24, 2.45) is 5.92 Å². The number of rotatable bonds is 2. The zero-order valence-corrected chi connectivity index (χ0v) is 9.73. The van der Waals surface area contributed by atoms with Crippen LogP contribution in [0.3, 0.4) is 0 Å². The molecule has 0 N–H and O–H groups in total. The van der Waals surface area contributed by atoms with Crippen molar-refractivity contribution in [1.29, 1.82) is 0 Å². The molecule has 0 aromatic heterocycles. The minimum Gasteiger partial charge on any atom is -0.351 e. The first-order valence-corrected chi connectivity index (χ1v) is 5.94. The lowest BCUT2D eigenvalue weighted by Crippen LogP contribution is -2.42. The van der Waals surface area contributed by atoms with Gasteiger partial charge in [-0.25, -0.2) is 0 Å². The summed E-state index contributed by atoms with van der Waals surface area (Å²) in [7, 11) is 1.73. The average Bonchev–Trinajstić information content (AvgIpc) is 2.31. The van der Waals surface area contributed by atoms with Crippen LogP contribution in [-0.2, 0) is 0 Å². The summed E-state index contributed by atoms with van der Waals surface area (Å²) in [4.78, 5) is 13.9. The van der Waals surface area contributed by atoms with Gasteiger partial charge in [0.05, 0.1) is 0 Å². The van der Waals surface area contributed by atoms with Crippen LogP contribution >= 0.6 is 0 Å². The molecule has 1 radical (unpaired) electrons. The molecule has 0 atom stereocenters. The summed E-state index contributed by atoms with van der Waals surface area (Å²) < 4.78 is 0. The highest BCUT2D eigenvalue weighted by Gasteiger charge is 2.20. The van der Waals surface area contributed by atoms with Gasteiger partial charge in [-0.05, 0) is 18.8 Å². The van der Waals surface area contributed by atoms with E-state index in [0.717, 1.165) is 37.3 Å². The summed E-state index contributed by atoms with van der Waals surface area (Å²) in [5.74, 6) is 0.916. The van der Waals surface area contributed by atoms with Crippen molar-refractivity contribution in [1.82, 2.24) is 4.90 Å². The van der Waals surface area contributed by atoms with Crippen molar-refractivity contribution in [3.63, 3.8) is 0 Å². The Bertz CT molecular complexity index is 344. The Balaban J connectivity index is 1.89. The Hall–Kier alpha value is -1.25. The molecule has 1 saturated heterocycles. The lowest BCUT2D eigenvalue weighted by molar-refractivity contribution is 0.195. The van der Waals surface area contributed by atoms with Crippen LogP contribution in [0.5, 0.6) is 0 Å². The minimum atomic E-state index is 0.151. The van der Waals surface area contributed by atoms with Crippen LogP contribution < -0.4 is 5.46 Å². The van der Waals surface area contributed by atoms with Crippen LogP contribution in [0.25, 0.3) is 0 Å². The monoisotopic (exact) mass is 214 g/mol. The van der Waals surface area contributed by atoms with Crippen molar-refractivity contribution in [2.45, 2.75) is 19.8 Å². The van der Waals surface area contributed by atoms with E-state index in [1.54, 1.807) is 7.28 Å². The first-order valence-electron chi connectivity index (χ1n) is 5.94. The number of hydrogen-bond acceptors (Lipinski definition) is 1. The van der Waals surface area contributed by atoms with Crippen LogP contribution in [0.2, 0.25) is 0 Å². The number of hydrogen-bond donors (Lipinski definition) is 0. The predicted octanol–water partition coefficient (Wildman–Crippen LogP) is 1.87. The Kier molecular flexibility index (Phi) is 3.65. The number of carbonyl (C=O) groups is 1. The fraction of sp³-hybridized carbons (Fsp3) is 0.462. The van der Waals surface area contributed by atoms with Gasteiger partial charge in [-0.15, -0.1) is 0 Å². The van der Waals surface area contributed by atoms with Gasteiger partial charge >= 0.3 is 0 Å². The third kappa shape index (κ3) is 2.88. The van der Waals surface area contributed by atoms with E-state index in [9.17, 15) is 4.79 Å². The highest BCUT2D eigenvalue weighted by molar-refractivity contribution is 6.83. The maximum Gasteiger partial charge on any atom is 0.271 e. The molecule has 1 fully saturated rings. The molecule has 2 rings (SSSR count). The van der Waals surface area contributed by atoms with Crippen molar-refractivity contribution in [2.75, 3.05) is 13.1 Å². The third-order valence-electron chi connectivity index (χ3n) is 3.19. The summed E-state index contributed by atoms with van der Waals surface area (Å²) in [6.45, 7) is 4.06. The van der Waals surface area contributed by atoms with E-state index in [1.807, 2.05) is 35.2 Å². The standard InChI is InChI=1S/C13H17BNO/c1-11-7-9-15(10-8-11)13(16)14-12-5-3-2-4-6-12/h2-6,11H,7-10H2,1H3. The fourth-order valence-corrected chi connectivity index (χ4v) is 2.01. The van der Waals surface area contributed by atoms with Gasteiger partial charge in [-0.2, -0.15) is 0 Å². The van der Waals surface area contributed by atoms with E-state index in [4.69, 9.17) is 0 Å². The molecule has 0 unspecified atom stereocenters. The van der Waals surface area contributed by atoms with Gasteiger partial charge < -0.3 is 4.90 Å². The first kappa shape index (κ1) is 11.2. The maximum absolute atomic E-state index is 11.9. The molecule has 16 heavy (non-hydrogen) atoms. The summed E-state index contributed by atoms with van der Waals surface area (Å²) in [6.07, 6.45) is 2.27. The van der Waals surface area contributed by atoms with E-state index < -0.39 is 0 Å². The van der Waals surface area contributed by atoms with Gasteiger partial charge in [-0.3, -0.25) is 4.79 Å². The smallest absolute Gasteiger partial charge is 0.271 e. The Labute approximate surface area is 97.9 Å². The Morgan fingerprint density at radius 1 is 1.25 bits per heavy atom. The summed E-state index contributed by atoms with van der Waals surface area (Å²) >= 11 is 0. The molecule has 1 amide bonds. The van der Waals surface area contributed by atoms with Gasteiger partial charge in [-0.1, -0.05) is 42.7 Å². The molecule has 1 aromatic rings. The fourth-order valence-electron chi connectivity index (χ4n) is 2.01. The van der Waals surface area contributed by atoms with Crippen LogP contribution in [0.1, 0.15) is 19.8 Å². The Morgan fingerprint density at radius 2 is 1.88 bits per heavy atom. The molecule has 1 heterocycles. The Morgan fingerprint density at radius 3 is 2.50 bits per heavy atom. The van der Waals surface area contributed by atoms with Crippen molar-refractivity contribution in [3.05, 3.63) is 30.3 Å². The highest BCUT2D eigenvalue weighted by Crippen LogP contribution is 2.15. The van der Waals surface area contributed by atoms with E-state index in [1.165, 1.54) is 0 Å². The molecule has 0 bridgehead atoms. The van der Waals surface area contributed by atoms with Crippen LogP contribution in [0, 0.1) is 5.92 Å². The normalized spacial score (nSPS) is 17.2. The topological polar surface area (TPSA) is 20.3 Å². The third-order valence-corrected chi connectivity index (χ3v) is 3.19. The molecule has 2 nitrogen and oxygen atoms in total. The lowest BCUT2D eigenvalue weighted by atomic mass is 9.68. The molecule has 3 heteroatoms. The maximum atomic E-state index is 11.9. The molecule has 0 aliphatic carbocycles. The summed E-state index contributed by atoms with van der Waals surface area (Å²) in [5.41, 5.74) is 0.992. The highest BCUT2D eigenvalue weighted by atomic mass is 16.1. The van der Waals surface area contributed by atoms with E-state index in [0.29, 0.717) is 0 Å². The zero-order chi connectivity index (χ0) is 11.4. The van der Waals surface area contributed by atoms with Gasteiger partial charge in [0.15, 0.2) is 5.81 Å². The van der Waals surface area contributed by atoms with Gasteiger partial charge in [0.25, 0.3) is 7.28 Å². The SMILES string of the molecule is CC1CCN(C(=O)[B]c2ccccc2)CC1. The molecule has 83 valence electrons. The molecular weight excluding hydrogens is 197 g/mol. The van der Waals surface area contributed by atoms with Crippen LogP contribution in [0.4, 0.5) is 4.79 Å². The van der Waals surface area contributed by atoms with E-state index >= 15 is 0 Å². The number of amides is 1. The average molecular weight is 214 g/mol.